The maximum atomic E-state index is 11.6. The normalized spacial score (nSPS) is 15.1. The van der Waals surface area contributed by atoms with E-state index in [9.17, 15) is 9.59 Å². The van der Waals surface area contributed by atoms with Gasteiger partial charge in [-0.3, -0.25) is 14.7 Å². The molecule has 2 aromatic rings. The molecule has 0 saturated carbocycles. The first-order chi connectivity index (χ1) is 14.7. The molecule has 0 aliphatic carbocycles. The number of aromatic nitrogens is 2. The van der Waals surface area contributed by atoms with Crippen molar-refractivity contribution in [2.24, 2.45) is 0 Å². The molecule has 1 aliphatic heterocycles. The predicted octanol–water partition coefficient (Wildman–Crippen LogP) is 3.29. The minimum absolute atomic E-state index is 0.0471. The number of carbonyl (C=O) groups is 2. The van der Waals surface area contributed by atoms with Crippen LogP contribution in [-0.2, 0) is 26.4 Å². The van der Waals surface area contributed by atoms with E-state index < -0.39 is 5.54 Å². The molecule has 3 rings (SSSR count). The van der Waals surface area contributed by atoms with Gasteiger partial charge in [-0.1, -0.05) is 37.3 Å². The molecule has 1 atom stereocenters. The summed E-state index contributed by atoms with van der Waals surface area (Å²) in [5, 5.41) is 9.83. The molecule has 8 heteroatoms. The number of hydrogen-bond donors (Lipinski definition) is 2. The lowest BCUT2D eigenvalue weighted by Crippen LogP contribution is -2.34. The summed E-state index contributed by atoms with van der Waals surface area (Å²) < 4.78 is 5.41. The summed E-state index contributed by atoms with van der Waals surface area (Å²) in [6.07, 6.45) is 2.27. The second kappa shape index (κ2) is 11.1. The number of aromatic amines is 1. The van der Waals surface area contributed by atoms with E-state index >= 15 is 0 Å². The maximum Gasteiger partial charge on any atom is 0.225 e. The van der Waals surface area contributed by atoms with Gasteiger partial charge in [-0.2, -0.15) is 5.10 Å². The van der Waals surface area contributed by atoms with Crippen LogP contribution in [0.5, 0.6) is 0 Å². The van der Waals surface area contributed by atoms with E-state index in [1.165, 1.54) is 5.56 Å². The quantitative estimate of drug-likeness (QED) is 0.629. The van der Waals surface area contributed by atoms with E-state index in [0.29, 0.717) is 18.8 Å². The summed E-state index contributed by atoms with van der Waals surface area (Å²) in [4.78, 5) is 26.4. The smallest absolute Gasteiger partial charge is 0.225 e. The van der Waals surface area contributed by atoms with Crippen molar-refractivity contribution in [3.63, 3.8) is 0 Å². The van der Waals surface area contributed by atoms with Crippen LogP contribution < -0.4 is 5.32 Å². The van der Waals surface area contributed by atoms with Gasteiger partial charge in [-0.05, 0) is 39.9 Å². The molecule has 31 heavy (non-hydrogen) atoms. The first-order valence-corrected chi connectivity index (χ1v) is 10.6. The number of anilines is 1. The Balaban J connectivity index is 0.000000233. The van der Waals surface area contributed by atoms with Crippen LogP contribution in [0.3, 0.4) is 0 Å². The van der Waals surface area contributed by atoms with Crippen molar-refractivity contribution < 1.29 is 14.3 Å². The third-order valence-electron chi connectivity index (χ3n) is 5.37. The summed E-state index contributed by atoms with van der Waals surface area (Å²) in [6.45, 7) is 7.24. The SMILES string of the molecule is CCCC(=O)Nc1n[nH]c2c1CN(C=O)C2(C)C.COC(CN(C)C)c1ccccc1. The van der Waals surface area contributed by atoms with Gasteiger partial charge in [-0.25, -0.2) is 0 Å². The maximum absolute atomic E-state index is 11.6. The number of nitrogens with zero attached hydrogens (tertiary/aromatic N) is 3. The van der Waals surface area contributed by atoms with Gasteiger partial charge in [-0.15, -0.1) is 0 Å². The molecule has 0 spiro atoms. The molecule has 0 bridgehead atoms. The van der Waals surface area contributed by atoms with Gasteiger partial charge in [0, 0.05) is 25.6 Å². The van der Waals surface area contributed by atoms with Crippen molar-refractivity contribution in [2.45, 2.75) is 51.8 Å². The number of fused-ring (bicyclic) bond motifs is 1. The Morgan fingerprint density at radius 1 is 1.35 bits per heavy atom. The second-order valence-electron chi connectivity index (χ2n) is 8.41. The molecule has 8 nitrogen and oxygen atoms in total. The fraction of sp³-hybridized carbons (Fsp3) is 0.522. The number of amides is 2. The summed E-state index contributed by atoms with van der Waals surface area (Å²) in [6, 6.07) is 10.3. The predicted molar refractivity (Wildman–Crippen MR) is 122 cm³/mol. The Morgan fingerprint density at radius 2 is 2.03 bits per heavy atom. The van der Waals surface area contributed by atoms with Gasteiger partial charge >= 0.3 is 0 Å². The van der Waals surface area contributed by atoms with E-state index in [1.807, 2.05) is 39.0 Å². The fourth-order valence-corrected chi connectivity index (χ4v) is 3.55. The van der Waals surface area contributed by atoms with Crippen molar-refractivity contribution in [1.82, 2.24) is 20.0 Å². The van der Waals surface area contributed by atoms with Gasteiger partial charge in [0.15, 0.2) is 5.82 Å². The fourth-order valence-electron chi connectivity index (χ4n) is 3.55. The number of ether oxygens (including phenoxy) is 1. The topological polar surface area (TPSA) is 90.6 Å². The van der Waals surface area contributed by atoms with Crippen LogP contribution in [0.25, 0.3) is 0 Å². The highest BCUT2D eigenvalue weighted by atomic mass is 16.5. The monoisotopic (exact) mass is 429 g/mol. The van der Waals surface area contributed by atoms with Crippen LogP contribution in [0.15, 0.2) is 30.3 Å². The van der Waals surface area contributed by atoms with Crippen molar-refractivity contribution in [3.8, 4) is 0 Å². The summed E-state index contributed by atoms with van der Waals surface area (Å²) in [5.41, 5.74) is 2.62. The van der Waals surface area contributed by atoms with Gasteiger partial charge in [0.2, 0.25) is 12.3 Å². The van der Waals surface area contributed by atoms with Gasteiger partial charge in [0.05, 0.1) is 23.9 Å². The Labute approximate surface area is 185 Å². The van der Waals surface area contributed by atoms with Crippen molar-refractivity contribution >= 4 is 18.1 Å². The average molecular weight is 430 g/mol. The zero-order valence-electron chi connectivity index (χ0n) is 19.4. The molecule has 1 unspecified atom stereocenters. The van der Waals surface area contributed by atoms with Crippen LogP contribution in [-0.4, -0.2) is 60.1 Å². The minimum Gasteiger partial charge on any atom is -0.375 e. The second-order valence-corrected chi connectivity index (χ2v) is 8.41. The van der Waals surface area contributed by atoms with Crippen LogP contribution in [0.1, 0.15) is 56.5 Å². The van der Waals surface area contributed by atoms with Crippen molar-refractivity contribution in [2.75, 3.05) is 33.1 Å². The summed E-state index contributed by atoms with van der Waals surface area (Å²) in [7, 11) is 5.85. The molecule has 2 N–H and O–H groups in total. The molecule has 2 amide bonds. The number of nitrogens with one attached hydrogen (secondary N) is 2. The van der Waals surface area contributed by atoms with Crippen LogP contribution in [0, 0.1) is 0 Å². The Morgan fingerprint density at radius 3 is 2.58 bits per heavy atom. The minimum atomic E-state index is -0.405. The lowest BCUT2D eigenvalue weighted by Gasteiger charge is -2.27. The van der Waals surface area contributed by atoms with Gasteiger partial charge in [0.25, 0.3) is 0 Å². The molecular formula is C23H35N5O3. The first-order valence-electron chi connectivity index (χ1n) is 10.6. The zero-order valence-corrected chi connectivity index (χ0v) is 19.4. The summed E-state index contributed by atoms with van der Waals surface area (Å²) >= 11 is 0. The van der Waals surface area contributed by atoms with E-state index in [-0.39, 0.29) is 12.0 Å². The molecule has 2 heterocycles. The molecule has 1 aliphatic rings. The van der Waals surface area contributed by atoms with E-state index in [0.717, 1.165) is 30.6 Å². The number of likely N-dealkylation sites (N-methyl/N-ethyl adjacent to an activating group) is 1. The molecule has 0 saturated heterocycles. The Hall–Kier alpha value is -2.71. The number of rotatable bonds is 8. The van der Waals surface area contributed by atoms with E-state index in [2.05, 4.69) is 46.6 Å². The molecule has 1 aromatic carbocycles. The van der Waals surface area contributed by atoms with E-state index in [1.54, 1.807) is 12.0 Å². The Bertz CT molecular complexity index is 848. The van der Waals surface area contributed by atoms with E-state index in [4.69, 9.17) is 4.74 Å². The Kier molecular flexibility index (Phi) is 8.76. The molecule has 1 aromatic heterocycles. The lowest BCUT2D eigenvalue weighted by atomic mass is 10.0. The molecular weight excluding hydrogens is 394 g/mol. The zero-order chi connectivity index (χ0) is 23.0. The van der Waals surface area contributed by atoms with Crippen LogP contribution in [0.2, 0.25) is 0 Å². The lowest BCUT2D eigenvalue weighted by molar-refractivity contribution is -0.123. The number of benzene rings is 1. The first kappa shape index (κ1) is 24.6. The number of methoxy groups -OCH3 is 1. The molecule has 170 valence electrons. The van der Waals surface area contributed by atoms with Crippen molar-refractivity contribution in [1.29, 1.82) is 0 Å². The highest BCUT2D eigenvalue weighted by Crippen LogP contribution is 2.39. The van der Waals surface area contributed by atoms with Crippen LogP contribution >= 0.6 is 0 Å². The third-order valence-corrected chi connectivity index (χ3v) is 5.37. The molecule has 0 radical (unpaired) electrons. The third kappa shape index (κ3) is 6.15. The van der Waals surface area contributed by atoms with Crippen molar-refractivity contribution in [3.05, 3.63) is 47.2 Å². The average Bonchev–Trinajstić information content (AvgIpc) is 3.25. The largest absolute Gasteiger partial charge is 0.375 e. The van der Waals surface area contributed by atoms with Crippen LogP contribution in [0.4, 0.5) is 5.82 Å². The highest BCUT2D eigenvalue weighted by molar-refractivity contribution is 5.90. The molecule has 0 fully saturated rings. The standard InChI is InChI=1S/C12H18N4O2.C11H17NO/c1-4-5-9(18)13-11-8-6-16(7-17)12(2,3)10(8)14-15-11;1-12(2)9-11(13-3)10-7-5-4-6-8-10/h7H,4-6H2,1-3H3,(H2,13,14,15,18);4-8,11H,9H2,1-3H3. The number of hydrogen-bond acceptors (Lipinski definition) is 5. The number of carbonyl (C=O) groups excluding carboxylic acids is 2. The number of H-pyrrole nitrogens is 1. The highest BCUT2D eigenvalue weighted by Gasteiger charge is 2.40. The van der Waals surface area contributed by atoms with Gasteiger partial charge < -0.3 is 19.9 Å². The van der Waals surface area contributed by atoms with Gasteiger partial charge in [0.1, 0.15) is 0 Å². The summed E-state index contributed by atoms with van der Waals surface area (Å²) in [5.74, 6) is 0.495.